The molecule has 1 atom stereocenters. The van der Waals surface area contributed by atoms with E-state index in [0.29, 0.717) is 18.1 Å². The molecule has 25 heavy (non-hydrogen) atoms. The molecule has 1 N–H and O–H groups in total. The van der Waals surface area contributed by atoms with Gasteiger partial charge < -0.3 is 14.8 Å². The van der Waals surface area contributed by atoms with Crippen LogP contribution in [0.1, 0.15) is 17.3 Å². The van der Waals surface area contributed by atoms with Gasteiger partial charge in [-0.2, -0.15) is 0 Å². The molecule has 0 spiro atoms. The molecule has 7 heteroatoms. The second-order valence-electron chi connectivity index (χ2n) is 5.61. The first-order valence-corrected chi connectivity index (χ1v) is 9.65. The van der Waals surface area contributed by atoms with Gasteiger partial charge in [-0.3, -0.25) is 4.79 Å². The number of ether oxygens (including phenoxy) is 2. The number of benzene rings is 2. The highest BCUT2D eigenvalue weighted by atomic mass is 32.2. The number of sulfone groups is 1. The fourth-order valence-electron chi connectivity index (χ4n) is 2.55. The predicted molar refractivity (Wildman–Crippen MR) is 92.9 cm³/mol. The summed E-state index contributed by atoms with van der Waals surface area (Å²) < 4.78 is 35.7. The SMILES string of the molecule is CCS(=O)(=O)c1ccccc1C(=O)NC[C@H]1COc2ccccc2O1. The van der Waals surface area contributed by atoms with E-state index in [-0.39, 0.29) is 28.9 Å². The quantitative estimate of drug-likeness (QED) is 0.881. The molecule has 0 saturated carbocycles. The Morgan fingerprint density at radius 2 is 1.80 bits per heavy atom. The van der Waals surface area contributed by atoms with Crippen LogP contribution < -0.4 is 14.8 Å². The van der Waals surface area contributed by atoms with E-state index in [2.05, 4.69) is 5.32 Å². The van der Waals surface area contributed by atoms with Crippen molar-refractivity contribution in [2.24, 2.45) is 0 Å². The van der Waals surface area contributed by atoms with Crippen LogP contribution in [-0.2, 0) is 9.84 Å². The summed E-state index contributed by atoms with van der Waals surface area (Å²) in [4.78, 5) is 12.5. The molecule has 0 radical (unpaired) electrons. The maximum atomic E-state index is 12.4. The zero-order valence-corrected chi connectivity index (χ0v) is 14.6. The van der Waals surface area contributed by atoms with Gasteiger partial charge in [-0.15, -0.1) is 0 Å². The molecule has 2 aromatic carbocycles. The van der Waals surface area contributed by atoms with Gasteiger partial charge in [-0.05, 0) is 24.3 Å². The minimum absolute atomic E-state index is 0.0427. The molecule has 3 rings (SSSR count). The van der Waals surface area contributed by atoms with E-state index in [1.807, 2.05) is 18.2 Å². The van der Waals surface area contributed by atoms with Gasteiger partial charge in [0.1, 0.15) is 12.7 Å². The number of para-hydroxylation sites is 2. The van der Waals surface area contributed by atoms with E-state index in [0.717, 1.165) is 0 Å². The number of carbonyl (C=O) groups excluding carboxylic acids is 1. The number of carbonyl (C=O) groups is 1. The Balaban J connectivity index is 1.69. The molecule has 0 bridgehead atoms. The summed E-state index contributed by atoms with van der Waals surface area (Å²) in [6.07, 6.45) is -0.339. The second-order valence-corrected chi connectivity index (χ2v) is 7.85. The molecule has 0 aromatic heterocycles. The van der Waals surface area contributed by atoms with Crippen molar-refractivity contribution in [3.63, 3.8) is 0 Å². The van der Waals surface area contributed by atoms with E-state index < -0.39 is 15.7 Å². The van der Waals surface area contributed by atoms with Crippen LogP contribution >= 0.6 is 0 Å². The van der Waals surface area contributed by atoms with Gasteiger partial charge in [0.2, 0.25) is 0 Å². The number of hydrogen-bond donors (Lipinski definition) is 1. The third-order valence-corrected chi connectivity index (χ3v) is 5.69. The lowest BCUT2D eigenvalue weighted by Gasteiger charge is -2.26. The van der Waals surface area contributed by atoms with Gasteiger partial charge in [0.05, 0.1) is 22.8 Å². The molecule has 1 amide bonds. The van der Waals surface area contributed by atoms with Crippen LogP contribution in [0.4, 0.5) is 0 Å². The average Bonchev–Trinajstić information content (AvgIpc) is 2.66. The normalized spacial score (nSPS) is 16.3. The number of nitrogens with one attached hydrogen (secondary N) is 1. The lowest BCUT2D eigenvalue weighted by Crippen LogP contribution is -2.41. The summed E-state index contributed by atoms with van der Waals surface area (Å²) in [6.45, 7) is 2.08. The van der Waals surface area contributed by atoms with Gasteiger partial charge in [0.25, 0.3) is 5.91 Å². The molecular weight excluding hydrogens is 342 g/mol. The summed E-state index contributed by atoms with van der Waals surface area (Å²) in [5.74, 6) is 0.787. The predicted octanol–water partition coefficient (Wildman–Crippen LogP) is 2.05. The van der Waals surface area contributed by atoms with Crippen molar-refractivity contribution in [2.75, 3.05) is 18.9 Å². The van der Waals surface area contributed by atoms with Crippen molar-refractivity contribution in [3.05, 3.63) is 54.1 Å². The molecule has 0 aliphatic carbocycles. The van der Waals surface area contributed by atoms with E-state index in [1.54, 1.807) is 25.1 Å². The monoisotopic (exact) mass is 361 g/mol. The van der Waals surface area contributed by atoms with Crippen molar-refractivity contribution in [1.29, 1.82) is 0 Å². The fraction of sp³-hybridized carbons (Fsp3) is 0.278. The van der Waals surface area contributed by atoms with Crippen molar-refractivity contribution < 1.29 is 22.7 Å². The molecule has 1 aliphatic rings. The Bertz CT molecular complexity index is 879. The maximum absolute atomic E-state index is 12.4. The first-order chi connectivity index (χ1) is 12.0. The van der Waals surface area contributed by atoms with Crippen LogP contribution in [-0.4, -0.2) is 39.3 Å². The van der Waals surface area contributed by atoms with Crippen LogP contribution in [0.5, 0.6) is 11.5 Å². The van der Waals surface area contributed by atoms with Crippen molar-refractivity contribution in [3.8, 4) is 11.5 Å². The Labute approximate surface area is 146 Å². The standard InChI is InChI=1S/C18H19NO5S/c1-2-25(21,22)17-10-6-3-7-14(17)18(20)19-11-13-12-23-15-8-4-5-9-16(15)24-13/h3-10,13H,2,11-12H2,1H3,(H,19,20)/t13-/m0/s1. The Morgan fingerprint density at radius 3 is 2.56 bits per heavy atom. The summed E-state index contributed by atoms with van der Waals surface area (Å²) in [7, 11) is -3.47. The lowest BCUT2D eigenvalue weighted by molar-refractivity contribution is 0.0787. The van der Waals surface area contributed by atoms with Crippen molar-refractivity contribution in [1.82, 2.24) is 5.32 Å². The van der Waals surface area contributed by atoms with E-state index in [4.69, 9.17) is 9.47 Å². The van der Waals surface area contributed by atoms with Crippen LogP contribution in [0.2, 0.25) is 0 Å². The number of fused-ring (bicyclic) bond motifs is 1. The van der Waals surface area contributed by atoms with Gasteiger partial charge in [0, 0.05) is 0 Å². The molecule has 0 fully saturated rings. The zero-order chi connectivity index (χ0) is 17.9. The Morgan fingerprint density at radius 1 is 1.12 bits per heavy atom. The summed E-state index contributed by atoms with van der Waals surface area (Å²) >= 11 is 0. The summed E-state index contributed by atoms with van der Waals surface area (Å²) in [6, 6.07) is 13.5. The van der Waals surface area contributed by atoms with Crippen molar-refractivity contribution >= 4 is 15.7 Å². The minimum Gasteiger partial charge on any atom is -0.486 e. The minimum atomic E-state index is -3.47. The van der Waals surface area contributed by atoms with Gasteiger partial charge >= 0.3 is 0 Å². The van der Waals surface area contributed by atoms with Crippen LogP contribution in [0.25, 0.3) is 0 Å². The molecule has 2 aromatic rings. The molecule has 1 aliphatic heterocycles. The fourth-order valence-corrected chi connectivity index (χ4v) is 3.64. The average molecular weight is 361 g/mol. The largest absolute Gasteiger partial charge is 0.486 e. The van der Waals surface area contributed by atoms with Gasteiger partial charge in [0.15, 0.2) is 21.3 Å². The molecule has 0 saturated heterocycles. The van der Waals surface area contributed by atoms with E-state index in [1.165, 1.54) is 12.1 Å². The Hall–Kier alpha value is -2.54. The second kappa shape index (κ2) is 7.14. The van der Waals surface area contributed by atoms with Crippen LogP contribution in [0, 0.1) is 0 Å². The topological polar surface area (TPSA) is 81.7 Å². The zero-order valence-electron chi connectivity index (χ0n) is 13.8. The molecule has 6 nitrogen and oxygen atoms in total. The Kier molecular flexibility index (Phi) is 4.94. The third kappa shape index (κ3) is 3.76. The van der Waals surface area contributed by atoms with E-state index >= 15 is 0 Å². The smallest absolute Gasteiger partial charge is 0.252 e. The first kappa shape index (κ1) is 17.3. The lowest BCUT2D eigenvalue weighted by atomic mass is 10.2. The molecule has 132 valence electrons. The number of amides is 1. The number of rotatable bonds is 5. The molecular formula is C18H19NO5S. The maximum Gasteiger partial charge on any atom is 0.252 e. The van der Waals surface area contributed by atoms with Gasteiger partial charge in [-0.1, -0.05) is 31.2 Å². The highest BCUT2D eigenvalue weighted by molar-refractivity contribution is 7.91. The van der Waals surface area contributed by atoms with Crippen LogP contribution in [0.3, 0.4) is 0 Å². The van der Waals surface area contributed by atoms with E-state index in [9.17, 15) is 13.2 Å². The third-order valence-electron chi connectivity index (χ3n) is 3.90. The summed E-state index contributed by atoms with van der Waals surface area (Å²) in [5.41, 5.74) is 0.140. The highest BCUT2D eigenvalue weighted by Gasteiger charge is 2.24. The molecule has 1 heterocycles. The highest BCUT2D eigenvalue weighted by Crippen LogP contribution is 2.30. The number of hydrogen-bond acceptors (Lipinski definition) is 5. The summed E-state index contributed by atoms with van der Waals surface area (Å²) in [5, 5.41) is 2.73. The molecule has 0 unspecified atom stereocenters. The van der Waals surface area contributed by atoms with Gasteiger partial charge in [-0.25, -0.2) is 8.42 Å². The first-order valence-electron chi connectivity index (χ1n) is 7.99. The van der Waals surface area contributed by atoms with Crippen molar-refractivity contribution in [2.45, 2.75) is 17.9 Å². The van der Waals surface area contributed by atoms with Crippen LogP contribution in [0.15, 0.2) is 53.4 Å².